The first-order valence-corrected chi connectivity index (χ1v) is 8.43. The number of nitrogens with one attached hydrogen (secondary N) is 1. The Morgan fingerprint density at radius 3 is 2.62 bits per heavy atom. The second-order valence-electron chi connectivity index (χ2n) is 5.05. The molecule has 24 heavy (non-hydrogen) atoms. The van der Waals surface area contributed by atoms with Crippen LogP contribution in [0.1, 0.15) is 16.1 Å². The van der Waals surface area contributed by atoms with Gasteiger partial charge < -0.3 is 10.2 Å². The van der Waals surface area contributed by atoms with Crippen molar-refractivity contribution in [3.8, 4) is 0 Å². The number of benzene rings is 2. The van der Waals surface area contributed by atoms with Gasteiger partial charge in [-0.05, 0) is 29.8 Å². The van der Waals surface area contributed by atoms with Crippen LogP contribution in [0, 0.1) is 5.82 Å². The van der Waals surface area contributed by atoms with E-state index in [1.807, 2.05) is 0 Å². The molecular weight excluding hydrogens is 335 g/mol. The van der Waals surface area contributed by atoms with Crippen LogP contribution in [0.3, 0.4) is 0 Å². The molecule has 8 heteroatoms. The average molecular weight is 348 g/mol. The van der Waals surface area contributed by atoms with Crippen molar-refractivity contribution in [3.05, 3.63) is 65.7 Å². The summed E-state index contributed by atoms with van der Waals surface area (Å²) in [5, 5.41) is 0.626. The molecule has 0 aliphatic heterocycles. The van der Waals surface area contributed by atoms with Crippen molar-refractivity contribution in [1.82, 2.24) is 4.72 Å². The lowest BCUT2D eigenvalue weighted by molar-refractivity contribution is 0.0956. The molecule has 0 unspecified atom stereocenters. The predicted octanol–water partition coefficient (Wildman–Crippen LogP) is 2.15. The Hall–Kier alpha value is -2.71. The minimum Gasteiger partial charge on any atom is -0.451 e. The summed E-state index contributed by atoms with van der Waals surface area (Å²) in [6.45, 7) is 0.305. The van der Waals surface area contributed by atoms with Gasteiger partial charge in [0.1, 0.15) is 16.3 Å². The van der Waals surface area contributed by atoms with E-state index in [1.165, 1.54) is 18.2 Å². The van der Waals surface area contributed by atoms with Gasteiger partial charge >= 0.3 is 5.91 Å². The van der Waals surface area contributed by atoms with Crippen molar-refractivity contribution in [2.75, 3.05) is 0 Å². The van der Waals surface area contributed by atoms with Crippen LogP contribution in [0.5, 0.6) is 0 Å². The molecule has 3 aromatic rings. The first-order chi connectivity index (χ1) is 11.4. The minimum absolute atomic E-state index is 0.195. The fourth-order valence-corrected chi connectivity index (χ4v) is 3.24. The molecule has 0 aliphatic carbocycles. The molecule has 0 radical (unpaired) electrons. The Balaban J connectivity index is 1.91. The smallest absolute Gasteiger partial charge is 0.300 e. The van der Waals surface area contributed by atoms with Gasteiger partial charge in [0.15, 0.2) is 5.76 Å². The van der Waals surface area contributed by atoms with Crippen molar-refractivity contribution in [2.24, 2.45) is 5.73 Å². The Bertz CT molecular complexity index is 1030. The summed E-state index contributed by atoms with van der Waals surface area (Å²) in [4.78, 5) is 11.5. The topological polar surface area (TPSA) is 102 Å². The summed E-state index contributed by atoms with van der Waals surface area (Å²) in [6.07, 6.45) is 0. The van der Waals surface area contributed by atoms with Crippen LogP contribution in [0.2, 0.25) is 0 Å². The van der Waals surface area contributed by atoms with Crippen LogP contribution in [0.4, 0.5) is 4.39 Å². The molecule has 3 rings (SSSR count). The molecule has 1 heterocycles. The van der Waals surface area contributed by atoms with E-state index in [2.05, 4.69) is 0 Å². The summed E-state index contributed by atoms with van der Waals surface area (Å²) >= 11 is 0. The van der Waals surface area contributed by atoms with Crippen LogP contribution in [-0.4, -0.2) is 14.3 Å². The van der Waals surface area contributed by atoms with Gasteiger partial charge in [0, 0.05) is 11.9 Å². The summed E-state index contributed by atoms with van der Waals surface area (Å²) < 4.78 is 45.0. The van der Waals surface area contributed by atoms with Crippen molar-refractivity contribution >= 4 is 26.9 Å². The highest BCUT2D eigenvalue weighted by Gasteiger charge is 2.23. The summed E-state index contributed by atoms with van der Waals surface area (Å²) in [6, 6.07) is 11.3. The number of fused-ring (bicyclic) bond motifs is 1. The summed E-state index contributed by atoms with van der Waals surface area (Å²) in [5.74, 6) is -2.13. The lowest BCUT2D eigenvalue weighted by atomic mass is 10.2. The van der Waals surface area contributed by atoms with E-state index in [9.17, 15) is 17.6 Å². The Morgan fingerprint density at radius 1 is 1.17 bits per heavy atom. The van der Waals surface area contributed by atoms with Crippen molar-refractivity contribution < 1.29 is 22.0 Å². The number of hydrogen-bond donors (Lipinski definition) is 2. The number of halogens is 1. The third-order valence-electron chi connectivity index (χ3n) is 3.40. The molecule has 0 spiro atoms. The van der Waals surface area contributed by atoms with E-state index in [0.717, 1.165) is 17.7 Å². The number of hydrogen-bond acceptors (Lipinski definition) is 5. The Kier molecular flexibility index (Phi) is 4.08. The fraction of sp³-hybridized carbons (Fsp3) is 0.0625. The van der Waals surface area contributed by atoms with Crippen LogP contribution in [-0.2, 0) is 16.6 Å². The second-order valence-corrected chi connectivity index (χ2v) is 6.70. The van der Waals surface area contributed by atoms with Gasteiger partial charge in [-0.3, -0.25) is 4.79 Å². The van der Waals surface area contributed by atoms with Crippen LogP contribution in [0.15, 0.2) is 57.8 Å². The van der Waals surface area contributed by atoms with E-state index >= 15 is 0 Å². The van der Waals surface area contributed by atoms with Gasteiger partial charge in [-0.2, -0.15) is 0 Å². The maximum absolute atomic E-state index is 13.6. The minimum atomic E-state index is -4.34. The number of nitrogens with two attached hydrogens (primary N) is 1. The molecule has 0 saturated heterocycles. The Labute approximate surface area is 137 Å². The molecule has 1 amide bonds. The molecule has 2 aromatic carbocycles. The first kappa shape index (κ1) is 16.2. The van der Waals surface area contributed by atoms with E-state index < -0.39 is 26.6 Å². The van der Waals surface area contributed by atoms with Gasteiger partial charge in [0.2, 0.25) is 0 Å². The molecule has 0 aliphatic rings. The number of amides is 1. The van der Waals surface area contributed by atoms with E-state index in [4.69, 9.17) is 10.2 Å². The highest BCUT2D eigenvalue weighted by molar-refractivity contribution is 7.90. The van der Waals surface area contributed by atoms with Gasteiger partial charge in [-0.1, -0.05) is 24.3 Å². The molecule has 0 fully saturated rings. The maximum Gasteiger partial charge on any atom is 0.300 e. The number of carbonyl (C=O) groups excluding carboxylic acids is 1. The Morgan fingerprint density at radius 2 is 1.92 bits per heavy atom. The number of rotatable bonds is 4. The quantitative estimate of drug-likeness (QED) is 0.752. The molecule has 124 valence electrons. The molecule has 0 bridgehead atoms. The zero-order chi connectivity index (χ0) is 17.3. The second kappa shape index (κ2) is 6.06. The van der Waals surface area contributed by atoms with Crippen molar-refractivity contribution in [2.45, 2.75) is 11.4 Å². The fourth-order valence-electron chi connectivity index (χ4n) is 2.20. The predicted molar refractivity (Wildman–Crippen MR) is 85.2 cm³/mol. The lowest BCUT2D eigenvalue weighted by Gasteiger charge is -2.06. The van der Waals surface area contributed by atoms with Crippen LogP contribution in [0.25, 0.3) is 11.0 Å². The summed E-state index contributed by atoms with van der Waals surface area (Å²) in [7, 11) is -4.34. The van der Waals surface area contributed by atoms with Crippen LogP contribution < -0.4 is 10.5 Å². The normalized spacial score (nSPS) is 11.6. The molecular formula is C16H13FN2O4S. The van der Waals surface area contributed by atoms with E-state index in [0.29, 0.717) is 17.5 Å². The van der Waals surface area contributed by atoms with Crippen molar-refractivity contribution in [1.29, 1.82) is 0 Å². The number of carbonyl (C=O) groups is 1. The summed E-state index contributed by atoms with van der Waals surface area (Å²) in [5.41, 5.74) is 6.75. The third-order valence-corrected chi connectivity index (χ3v) is 4.76. The van der Waals surface area contributed by atoms with Crippen molar-refractivity contribution in [3.63, 3.8) is 0 Å². The highest BCUT2D eigenvalue weighted by atomic mass is 32.2. The number of sulfonamides is 1. The molecule has 1 aromatic heterocycles. The third kappa shape index (κ3) is 3.01. The molecule has 3 N–H and O–H groups in total. The lowest BCUT2D eigenvalue weighted by Crippen LogP contribution is -2.30. The van der Waals surface area contributed by atoms with Gasteiger partial charge in [0.25, 0.3) is 10.0 Å². The number of furan rings is 1. The standard InChI is InChI=1S/C16H13FN2O4S/c17-12-3-1-2-4-15(12)24(21,22)19-16(20)14-8-11-6-5-10(9-18)7-13(11)23-14/h1-8H,9,18H2,(H,19,20). The van der Waals surface area contributed by atoms with Gasteiger partial charge in [-0.25, -0.2) is 17.5 Å². The van der Waals surface area contributed by atoms with Gasteiger partial charge in [0.05, 0.1) is 0 Å². The maximum atomic E-state index is 13.6. The molecule has 6 nitrogen and oxygen atoms in total. The SMILES string of the molecule is NCc1ccc2cc(C(=O)NS(=O)(=O)c3ccccc3F)oc2c1. The highest BCUT2D eigenvalue weighted by Crippen LogP contribution is 2.21. The van der Waals surface area contributed by atoms with E-state index in [1.54, 1.807) is 22.9 Å². The molecule has 0 atom stereocenters. The first-order valence-electron chi connectivity index (χ1n) is 6.95. The van der Waals surface area contributed by atoms with E-state index in [-0.39, 0.29) is 5.76 Å². The zero-order valence-corrected chi connectivity index (χ0v) is 13.1. The molecule has 0 saturated carbocycles. The average Bonchev–Trinajstić information content (AvgIpc) is 2.97. The monoisotopic (exact) mass is 348 g/mol. The largest absolute Gasteiger partial charge is 0.451 e. The zero-order valence-electron chi connectivity index (χ0n) is 12.3. The van der Waals surface area contributed by atoms with Crippen LogP contribution >= 0.6 is 0 Å². The van der Waals surface area contributed by atoms with Gasteiger partial charge in [-0.15, -0.1) is 0 Å².